The molecule has 0 saturated carbocycles. The molecule has 0 aliphatic heterocycles. The van der Waals surface area contributed by atoms with Gasteiger partial charge in [0.25, 0.3) is 11.8 Å². The molecule has 0 aliphatic rings. The molecule has 1 heterocycles. The summed E-state index contributed by atoms with van der Waals surface area (Å²) >= 11 is 7.51. The summed E-state index contributed by atoms with van der Waals surface area (Å²) in [5.41, 5.74) is 5.61. The van der Waals surface area contributed by atoms with E-state index < -0.39 is 11.8 Å². The van der Waals surface area contributed by atoms with Crippen LogP contribution in [0.3, 0.4) is 0 Å². The third-order valence-corrected chi connectivity index (χ3v) is 4.94. The van der Waals surface area contributed by atoms with Gasteiger partial charge < -0.3 is 0 Å². The predicted molar refractivity (Wildman–Crippen MR) is 97.9 cm³/mol. The van der Waals surface area contributed by atoms with Crippen LogP contribution in [0.25, 0.3) is 16.2 Å². The second-order valence-corrected chi connectivity index (χ2v) is 6.36. The van der Waals surface area contributed by atoms with Crippen molar-refractivity contribution in [3.8, 4) is 0 Å². The first-order valence-electron chi connectivity index (χ1n) is 7.15. The van der Waals surface area contributed by atoms with Gasteiger partial charge in [-0.15, -0.1) is 11.3 Å². The number of hydrogen-bond acceptors (Lipinski definition) is 3. The largest absolute Gasteiger partial charge is 0.281 e. The number of nitrogens with one attached hydrogen (secondary N) is 2. The molecule has 6 heteroatoms. The maximum Gasteiger partial charge on any atom is 0.281 e. The maximum atomic E-state index is 12.2. The average molecular weight is 357 g/mol. The van der Waals surface area contributed by atoms with E-state index in [4.69, 9.17) is 11.6 Å². The molecule has 3 rings (SSSR count). The van der Waals surface area contributed by atoms with Gasteiger partial charge in [-0.3, -0.25) is 20.4 Å². The summed E-state index contributed by atoms with van der Waals surface area (Å²) in [4.78, 5) is 24.3. The summed E-state index contributed by atoms with van der Waals surface area (Å²) in [7, 11) is 0. The van der Waals surface area contributed by atoms with Crippen molar-refractivity contribution in [3.05, 3.63) is 76.1 Å². The Kier molecular flexibility index (Phi) is 4.93. The molecular weight excluding hydrogens is 344 g/mol. The number of rotatable bonds is 3. The average Bonchev–Trinajstić information content (AvgIpc) is 2.96. The highest BCUT2D eigenvalue weighted by molar-refractivity contribution is 7.21. The van der Waals surface area contributed by atoms with E-state index in [9.17, 15) is 9.59 Å². The first-order valence-corrected chi connectivity index (χ1v) is 8.35. The van der Waals surface area contributed by atoms with Gasteiger partial charge in [0.05, 0.1) is 5.02 Å². The second kappa shape index (κ2) is 7.29. The number of carbonyl (C=O) groups excluding carboxylic acids is 2. The SMILES string of the molecule is O=C(C=Cc1ccccc1)NNC(=O)c1sc2ccccc2c1Cl. The summed E-state index contributed by atoms with van der Waals surface area (Å²) in [6.45, 7) is 0. The van der Waals surface area contributed by atoms with Crippen molar-refractivity contribution in [2.75, 3.05) is 0 Å². The van der Waals surface area contributed by atoms with Crippen LogP contribution >= 0.6 is 22.9 Å². The Morgan fingerprint density at radius 3 is 2.42 bits per heavy atom. The molecule has 0 bridgehead atoms. The van der Waals surface area contributed by atoms with Crippen molar-refractivity contribution in [2.45, 2.75) is 0 Å². The van der Waals surface area contributed by atoms with E-state index in [1.165, 1.54) is 17.4 Å². The van der Waals surface area contributed by atoms with Gasteiger partial charge in [-0.05, 0) is 17.7 Å². The minimum Gasteiger partial charge on any atom is -0.268 e. The quantitative estimate of drug-likeness (QED) is 0.550. The summed E-state index contributed by atoms with van der Waals surface area (Å²) < 4.78 is 0.919. The fourth-order valence-electron chi connectivity index (χ4n) is 2.11. The van der Waals surface area contributed by atoms with Gasteiger partial charge in [0.2, 0.25) is 0 Å². The highest BCUT2D eigenvalue weighted by Gasteiger charge is 2.16. The number of hydrogen-bond donors (Lipinski definition) is 2. The first-order chi connectivity index (χ1) is 11.6. The van der Waals surface area contributed by atoms with Crippen LogP contribution < -0.4 is 10.9 Å². The molecule has 0 saturated heterocycles. The van der Waals surface area contributed by atoms with Gasteiger partial charge >= 0.3 is 0 Å². The van der Waals surface area contributed by atoms with Gasteiger partial charge in [0.15, 0.2) is 0 Å². The third kappa shape index (κ3) is 3.64. The van der Waals surface area contributed by atoms with Crippen LogP contribution in [0.5, 0.6) is 0 Å². The van der Waals surface area contributed by atoms with Gasteiger partial charge in [-0.25, -0.2) is 0 Å². The fourth-order valence-corrected chi connectivity index (χ4v) is 3.53. The lowest BCUT2D eigenvalue weighted by Gasteiger charge is -2.03. The van der Waals surface area contributed by atoms with Crippen molar-refractivity contribution >= 4 is 50.9 Å². The highest BCUT2D eigenvalue weighted by atomic mass is 35.5. The Hall–Kier alpha value is -2.63. The van der Waals surface area contributed by atoms with Crippen LogP contribution in [-0.4, -0.2) is 11.8 Å². The molecule has 24 heavy (non-hydrogen) atoms. The van der Waals surface area contributed by atoms with Crippen LogP contribution in [0, 0.1) is 0 Å². The first kappa shape index (κ1) is 16.2. The molecule has 0 radical (unpaired) electrons. The van der Waals surface area contributed by atoms with Crippen LogP contribution in [0.2, 0.25) is 5.02 Å². The summed E-state index contributed by atoms with van der Waals surface area (Å²) in [6, 6.07) is 16.9. The zero-order valence-electron chi connectivity index (χ0n) is 12.5. The molecule has 3 aromatic rings. The summed E-state index contributed by atoms with van der Waals surface area (Å²) in [5, 5.41) is 1.21. The minimum atomic E-state index is -0.442. The Morgan fingerprint density at radius 1 is 0.958 bits per heavy atom. The summed E-state index contributed by atoms with van der Waals surface area (Å²) in [5.74, 6) is -0.868. The molecule has 2 amide bonds. The van der Waals surface area contributed by atoms with Gasteiger partial charge in [0, 0.05) is 16.2 Å². The number of hydrazine groups is 1. The van der Waals surface area contributed by atoms with E-state index in [1.807, 2.05) is 54.6 Å². The molecule has 1 aromatic heterocycles. The molecular formula is C18H13ClN2O2S. The van der Waals surface area contributed by atoms with Crippen molar-refractivity contribution in [1.82, 2.24) is 10.9 Å². The number of amides is 2. The fraction of sp³-hybridized carbons (Fsp3) is 0. The Balaban J connectivity index is 1.63. The maximum absolute atomic E-state index is 12.2. The third-order valence-electron chi connectivity index (χ3n) is 3.27. The molecule has 0 atom stereocenters. The number of halogens is 1. The van der Waals surface area contributed by atoms with Crippen molar-refractivity contribution in [3.63, 3.8) is 0 Å². The molecule has 2 N–H and O–H groups in total. The monoisotopic (exact) mass is 356 g/mol. The molecule has 0 aliphatic carbocycles. The van der Waals surface area contributed by atoms with Crippen LogP contribution in [0.1, 0.15) is 15.2 Å². The molecule has 120 valence electrons. The molecule has 0 unspecified atom stereocenters. The number of fused-ring (bicyclic) bond motifs is 1. The molecule has 4 nitrogen and oxygen atoms in total. The van der Waals surface area contributed by atoms with Gasteiger partial charge in [-0.2, -0.15) is 0 Å². The lowest BCUT2D eigenvalue weighted by Crippen LogP contribution is -2.40. The normalized spacial score (nSPS) is 10.9. The van der Waals surface area contributed by atoms with Crippen LogP contribution in [0.4, 0.5) is 0 Å². The number of carbonyl (C=O) groups is 2. The zero-order valence-corrected chi connectivity index (χ0v) is 14.0. The molecule has 2 aromatic carbocycles. The second-order valence-electron chi connectivity index (χ2n) is 4.93. The van der Waals surface area contributed by atoms with Gasteiger partial charge in [-0.1, -0.05) is 60.1 Å². The van der Waals surface area contributed by atoms with E-state index in [0.29, 0.717) is 9.90 Å². The molecule has 0 fully saturated rings. The molecule has 0 spiro atoms. The van der Waals surface area contributed by atoms with Crippen LogP contribution in [0.15, 0.2) is 60.7 Å². The van der Waals surface area contributed by atoms with E-state index in [1.54, 1.807) is 6.08 Å². The smallest absolute Gasteiger partial charge is 0.268 e. The van der Waals surface area contributed by atoms with Crippen molar-refractivity contribution in [1.29, 1.82) is 0 Å². The lowest BCUT2D eigenvalue weighted by atomic mass is 10.2. The van der Waals surface area contributed by atoms with Crippen LogP contribution in [-0.2, 0) is 4.79 Å². The number of thiophene rings is 1. The zero-order chi connectivity index (χ0) is 16.9. The Labute approximate surface area is 147 Å². The minimum absolute atomic E-state index is 0.366. The lowest BCUT2D eigenvalue weighted by molar-refractivity contribution is -0.117. The van der Waals surface area contributed by atoms with E-state index in [0.717, 1.165) is 15.6 Å². The summed E-state index contributed by atoms with van der Waals surface area (Å²) in [6.07, 6.45) is 3.01. The van der Waals surface area contributed by atoms with Gasteiger partial charge in [0.1, 0.15) is 4.88 Å². The van der Waals surface area contributed by atoms with E-state index in [-0.39, 0.29) is 0 Å². The predicted octanol–water partition coefficient (Wildman–Crippen LogP) is 4.03. The van der Waals surface area contributed by atoms with E-state index in [2.05, 4.69) is 10.9 Å². The Bertz CT molecular complexity index is 919. The topological polar surface area (TPSA) is 58.2 Å². The Morgan fingerprint density at radius 2 is 1.67 bits per heavy atom. The standard InChI is InChI=1S/C18H13ClN2O2S/c19-16-13-8-4-5-9-14(13)24-17(16)18(23)21-20-15(22)11-10-12-6-2-1-3-7-12/h1-11H,(H,20,22)(H,21,23). The van der Waals surface area contributed by atoms with Crippen molar-refractivity contribution < 1.29 is 9.59 Å². The van der Waals surface area contributed by atoms with E-state index >= 15 is 0 Å². The van der Waals surface area contributed by atoms with Crippen molar-refractivity contribution in [2.24, 2.45) is 0 Å². The number of benzene rings is 2. The highest BCUT2D eigenvalue weighted by Crippen LogP contribution is 2.34.